The highest BCUT2D eigenvalue weighted by Crippen LogP contribution is 2.20. The minimum Gasteiger partial charge on any atom is -0.370 e. The Morgan fingerprint density at radius 1 is 1.29 bits per heavy atom. The smallest absolute Gasteiger partial charge is 0.244 e. The molecule has 0 aliphatic carbocycles. The molecule has 0 atom stereocenters. The first-order chi connectivity index (χ1) is 10.1. The monoisotopic (exact) mass is 325 g/mol. The largest absolute Gasteiger partial charge is 0.370 e. The van der Waals surface area contributed by atoms with Gasteiger partial charge in [-0.1, -0.05) is 13.0 Å². The van der Waals surface area contributed by atoms with Gasteiger partial charge in [0.1, 0.15) is 10.7 Å². The Hall–Kier alpha value is -1.44. The van der Waals surface area contributed by atoms with Gasteiger partial charge in [-0.05, 0) is 30.5 Å². The molecule has 0 amide bonds. The van der Waals surface area contributed by atoms with Gasteiger partial charge in [-0.3, -0.25) is 0 Å². The fraction of sp³-hybridized carbons (Fsp3) is 0.357. The van der Waals surface area contributed by atoms with Crippen LogP contribution in [0.2, 0.25) is 0 Å². The lowest BCUT2D eigenvalue weighted by atomic mass is 10.4. The second-order valence-corrected chi connectivity index (χ2v) is 7.39. The van der Waals surface area contributed by atoms with Gasteiger partial charge < -0.3 is 5.32 Å². The number of sulfonamides is 1. The molecule has 5 nitrogen and oxygen atoms in total. The zero-order chi connectivity index (χ0) is 15.3. The first-order valence-corrected chi connectivity index (χ1v) is 9.12. The molecule has 0 aliphatic rings. The lowest BCUT2D eigenvalue weighted by Crippen LogP contribution is -2.30. The molecule has 2 aromatic rings. The Kier molecular flexibility index (Phi) is 5.33. The minimum atomic E-state index is -3.51. The maximum Gasteiger partial charge on any atom is 0.244 e. The highest BCUT2D eigenvalue weighted by atomic mass is 32.2. The summed E-state index contributed by atoms with van der Waals surface area (Å²) in [5.41, 5.74) is 0. The van der Waals surface area contributed by atoms with E-state index in [4.69, 9.17) is 0 Å². The van der Waals surface area contributed by atoms with Crippen molar-refractivity contribution in [2.45, 2.75) is 25.3 Å². The Morgan fingerprint density at radius 3 is 2.62 bits per heavy atom. The van der Waals surface area contributed by atoms with E-state index in [1.54, 1.807) is 23.5 Å². The number of aromatic nitrogens is 1. The van der Waals surface area contributed by atoms with Crippen LogP contribution in [-0.2, 0) is 16.6 Å². The second-order valence-electron chi connectivity index (χ2n) is 4.42. The van der Waals surface area contributed by atoms with Crippen molar-refractivity contribution in [1.29, 1.82) is 0 Å². The summed E-state index contributed by atoms with van der Waals surface area (Å²) in [6.07, 6.45) is 1.41. The summed E-state index contributed by atoms with van der Waals surface area (Å²) in [7, 11) is -3.51. The number of hydrogen-bond donors (Lipinski definition) is 1. The standard InChI is InChI=1S/C14H19N3O2S2/c1-3-15-14-8-7-13(10-16-14)21(18,19)17(4-2)11-12-6-5-9-20-12/h5-10H,3-4,11H2,1-2H3,(H,15,16). The minimum absolute atomic E-state index is 0.225. The predicted octanol–water partition coefficient (Wildman–Crippen LogP) is 2.79. The van der Waals surface area contributed by atoms with Gasteiger partial charge >= 0.3 is 0 Å². The van der Waals surface area contributed by atoms with Crippen LogP contribution in [0.15, 0.2) is 40.7 Å². The van der Waals surface area contributed by atoms with E-state index in [0.29, 0.717) is 18.9 Å². The molecule has 0 aliphatic heterocycles. The lowest BCUT2D eigenvalue weighted by Gasteiger charge is -2.19. The van der Waals surface area contributed by atoms with Crippen LogP contribution in [0.3, 0.4) is 0 Å². The number of hydrogen-bond acceptors (Lipinski definition) is 5. The summed E-state index contributed by atoms with van der Waals surface area (Å²) < 4.78 is 26.7. The van der Waals surface area contributed by atoms with Gasteiger partial charge in [0.25, 0.3) is 0 Å². The maximum absolute atomic E-state index is 12.6. The third kappa shape index (κ3) is 3.81. The highest BCUT2D eigenvalue weighted by Gasteiger charge is 2.23. The molecular weight excluding hydrogens is 306 g/mol. The summed E-state index contributed by atoms with van der Waals surface area (Å²) in [6, 6.07) is 7.15. The molecule has 2 aromatic heterocycles. The Bertz CT molecular complexity index is 652. The van der Waals surface area contributed by atoms with Crippen LogP contribution < -0.4 is 5.32 Å². The third-order valence-electron chi connectivity index (χ3n) is 3.00. The summed E-state index contributed by atoms with van der Waals surface area (Å²) >= 11 is 1.56. The van der Waals surface area contributed by atoms with E-state index < -0.39 is 10.0 Å². The van der Waals surface area contributed by atoms with Gasteiger partial charge in [0.2, 0.25) is 10.0 Å². The van der Waals surface area contributed by atoms with Gasteiger partial charge in [0.05, 0.1) is 0 Å². The zero-order valence-electron chi connectivity index (χ0n) is 12.1. The second kappa shape index (κ2) is 7.02. The number of rotatable bonds is 7. The fourth-order valence-corrected chi connectivity index (χ4v) is 4.08. The van der Waals surface area contributed by atoms with Crippen molar-refractivity contribution in [3.05, 3.63) is 40.7 Å². The van der Waals surface area contributed by atoms with Crippen LogP contribution in [0.25, 0.3) is 0 Å². The van der Waals surface area contributed by atoms with E-state index in [9.17, 15) is 8.42 Å². The average molecular weight is 325 g/mol. The van der Waals surface area contributed by atoms with Gasteiger partial charge in [0, 0.05) is 30.7 Å². The van der Waals surface area contributed by atoms with Crippen molar-refractivity contribution in [2.24, 2.45) is 0 Å². The van der Waals surface area contributed by atoms with Crippen LogP contribution >= 0.6 is 11.3 Å². The van der Waals surface area contributed by atoms with Crippen molar-refractivity contribution in [3.63, 3.8) is 0 Å². The fourth-order valence-electron chi connectivity index (χ4n) is 1.91. The molecule has 1 N–H and O–H groups in total. The van der Waals surface area contributed by atoms with Gasteiger partial charge in [-0.2, -0.15) is 4.31 Å². The molecule has 0 saturated carbocycles. The number of thiophene rings is 1. The first kappa shape index (κ1) is 15.9. The number of nitrogens with zero attached hydrogens (tertiary/aromatic N) is 2. The lowest BCUT2D eigenvalue weighted by molar-refractivity contribution is 0.426. The van der Waals surface area contributed by atoms with Crippen LogP contribution in [0.4, 0.5) is 5.82 Å². The van der Waals surface area contributed by atoms with Crippen LogP contribution in [0.1, 0.15) is 18.7 Å². The average Bonchev–Trinajstić information content (AvgIpc) is 2.98. The Balaban J connectivity index is 2.22. The van der Waals surface area contributed by atoms with Gasteiger partial charge in [0.15, 0.2) is 0 Å². The summed E-state index contributed by atoms with van der Waals surface area (Å²) in [6.45, 7) is 5.37. The number of nitrogens with one attached hydrogen (secondary N) is 1. The molecule has 0 aromatic carbocycles. The molecule has 0 bridgehead atoms. The van der Waals surface area contributed by atoms with Crippen molar-refractivity contribution < 1.29 is 8.42 Å². The maximum atomic E-state index is 12.6. The molecule has 0 spiro atoms. The molecule has 2 heterocycles. The van der Waals surface area contributed by atoms with E-state index in [1.807, 2.05) is 31.4 Å². The SMILES string of the molecule is CCNc1ccc(S(=O)(=O)N(CC)Cc2cccs2)cn1. The zero-order valence-corrected chi connectivity index (χ0v) is 13.7. The van der Waals surface area contributed by atoms with Crippen LogP contribution in [-0.4, -0.2) is 30.8 Å². The summed E-state index contributed by atoms with van der Waals surface area (Å²) in [5.74, 6) is 0.678. The molecule has 0 unspecified atom stereocenters. The van der Waals surface area contributed by atoms with Crippen molar-refractivity contribution in [2.75, 3.05) is 18.4 Å². The topological polar surface area (TPSA) is 62.3 Å². The van der Waals surface area contributed by atoms with Crippen LogP contribution in [0.5, 0.6) is 0 Å². The Morgan fingerprint density at radius 2 is 2.10 bits per heavy atom. The normalized spacial score (nSPS) is 11.8. The van der Waals surface area contributed by atoms with Gasteiger partial charge in [-0.15, -0.1) is 11.3 Å². The molecule has 0 saturated heterocycles. The molecule has 2 rings (SSSR count). The highest BCUT2D eigenvalue weighted by molar-refractivity contribution is 7.89. The summed E-state index contributed by atoms with van der Waals surface area (Å²) in [4.78, 5) is 5.38. The van der Waals surface area contributed by atoms with Crippen molar-refractivity contribution in [1.82, 2.24) is 9.29 Å². The number of pyridine rings is 1. The first-order valence-electron chi connectivity index (χ1n) is 6.80. The van der Waals surface area contributed by atoms with E-state index in [1.165, 1.54) is 10.5 Å². The number of anilines is 1. The van der Waals surface area contributed by atoms with E-state index in [2.05, 4.69) is 10.3 Å². The predicted molar refractivity (Wildman–Crippen MR) is 86.0 cm³/mol. The molecule has 0 radical (unpaired) electrons. The Labute approximate surface area is 129 Å². The molecule has 114 valence electrons. The van der Waals surface area contributed by atoms with E-state index in [-0.39, 0.29) is 4.90 Å². The van der Waals surface area contributed by atoms with E-state index >= 15 is 0 Å². The van der Waals surface area contributed by atoms with Gasteiger partial charge in [-0.25, -0.2) is 13.4 Å². The van der Waals surface area contributed by atoms with Crippen LogP contribution in [0, 0.1) is 0 Å². The van der Waals surface area contributed by atoms with E-state index in [0.717, 1.165) is 11.4 Å². The molecule has 0 fully saturated rings. The van der Waals surface area contributed by atoms with Crippen molar-refractivity contribution >= 4 is 27.2 Å². The quantitative estimate of drug-likeness (QED) is 0.850. The molecule has 21 heavy (non-hydrogen) atoms. The molecular formula is C14H19N3O2S2. The molecule has 7 heteroatoms. The third-order valence-corrected chi connectivity index (χ3v) is 5.76. The van der Waals surface area contributed by atoms with Crippen molar-refractivity contribution in [3.8, 4) is 0 Å². The summed E-state index contributed by atoms with van der Waals surface area (Å²) in [5, 5.41) is 4.99.